The molecule has 0 aromatic heterocycles. The third kappa shape index (κ3) is 2.60. The molecule has 3 aliphatic rings. The Labute approximate surface area is 158 Å². The molecule has 0 radical (unpaired) electrons. The fraction of sp³-hybridized carbons (Fsp3) is 0.571. The van der Waals surface area contributed by atoms with Crippen LogP contribution in [0.1, 0.15) is 47.0 Å². The molecule has 1 aliphatic heterocycles. The van der Waals surface area contributed by atoms with E-state index in [-0.39, 0.29) is 46.9 Å². The third-order valence-corrected chi connectivity index (χ3v) is 7.01. The van der Waals surface area contributed by atoms with Gasteiger partial charge in [0.15, 0.2) is 0 Å². The molecule has 0 bridgehead atoms. The highest BCUT2D eigenvalue weighted by molar-refractivity contribution is 6.23. The van der Waals surface area contributed by atoms with Crippen LogP contribution in [0, 0.1) is 22.6 Å². The lowest BCUT2D eigenvalue weighted by atomic mass is 10.0. The zero-order valence-corrected chi connectivity index (χ0v) is 16.2. The van der Waals surface area contributed by atoms with Crippen molar-refractivity contribution in [1.82, 2.24) is 4.90 Å². The maximum atomic E-state index is 13.3. The summed E-state index contributed by atoms with van der Waals surface area (Å²) in [4.78, 5) is 41.7. The number of benzene rings is 1. The Hall–Kier alpha value is -2.24. The maximum absolute atomic E-state index is 13.3. The Balaban J connectivity index is 1.61. The van der Waals surface area contributed by atoms with Crippen molar-refractivity contribution in [2.75, 3.05) is 4.90 Å². The highest BCUT2D eigenvalue weighted by Gasteiger charge is 2.70. The zero-order valence-electron chi connectivity index (χ0n) is 16.2. The van der Waals surface area contributed by atoms with Gasteiger partial charge in [-0.2, -0.15) is 0 Å². The van der Waals surface area contributed by atoms with Gasteiger partial charge in [0.2, 0.25) is 11.8 Å². The molecule has 27 heavy (non-hydrogen) atoms. The Morgan fingerprint density at radius 3 is 2.11 bits per heavy atom. The van der Waals surface area contributed by atoms with E-state index in [1.165, 1.54) is 24.3 Å². The largest absolute Gasteiger partial charge is 0.327 e. The molecule has 2 aliphatic carbocycles. The van der Waals surface area contributed by atoms with Crippen LogP contribution in [-0.2, 0) is 14.4 Å². The van der Waals surface area contributed by atoms with Crippen molar-refractivity contribution in [2.45, 2.75) is 59.0 Å². The van der Waals surface area contributed by atoms with Gasteiger partial charge in [0.1, 0.15) is 11.9 Å². The van der Waals surface area contributed by atoms with E-state index in [2.05, 4.69) is 27.7 Å². The molecule has 5 nitrogen and oxygen atoms in total. The van der Waals surface area contributed by atoms with Crippen LogP contribution in [0.4, 0.5) is 10.1 Å². The molecular formula is C21H25FN2O3. The second-order valence-corrected chi connectivity index (χ2v) is 9.12. The first-order chi connectivity index (χ1) is 12.6. The van der Waals surface area contributed by atoms with Crippen LogP contribution in [0.3, 0.4) is 0 Å². The van der Waals surface area contributed by atoms with Crippen LogP contribution < -0.4 is 4.90 Å². The minimum absolute atomic E-state index is 0.00791. The van der Waals surface area contributed by atoms with Crippen molar-refractivity contribution in [2.24, 2.45) is 16.7 Å². The number of halogens is 1. The molecule has 1 atom stereocenters. The quantitative estimate of drug-likeness (QED) is 0.763. The first-order valence-electron chi connectivity index (χ1n) is 9.52. The van der Waals surface area contributed by atoms with Gasteiger partial charge >= 0.3 is 0 Å². The lowest BCUT2D eigenvalue weighted by molar-refractivity contribution is -0.141. The number of amides is 3. The van der Waals surface area contributed by atoms with Crippen LogP contribution in [0.2, 0.25) is 0 Å². The van der Waals surface area contributed by atoms with E-state index in [0.717, 1.165) is 17.7 Å². The average Bonchev–Trinajstić information content (AvgIpc) is 3.43. The highest BCUT2D eigenvalue weighted by atomic mass is 19.1. The minimum atomic E-state index is -0.755. The molecule has 1 unspecified atom stereocenters. The lowest BCUT2D eigenvalue weighted by Gasteiger charge is -2.28. The standard InChI is InChI=1S/C21H25FN2O3/c1-20(2)17(21(20,3)4)19(27)23(13-9-10-13)15-11-16(25)24(18(15)26)14-7-5-12(22)6-8-14/h5-8,13,15,17H,9-11H2,1-4H3. The molecule has 2 saturated carbocycles. The van der Waals surface area contributed by atoms with Crippen LogP contribution in [0.25, 0.3) is 0 Å². The van der Waals surface area contributed by atoms with Gasteiger partial charge in [-0.15, -0.1) is 0 Å². The van der Waals surface area contributed by atoms with Crippen molar-refractivity contribution < 1.29 is 18.8 Å². The SMILES string of the molecule is CC1(C)C(C(=O)N(C2CC2)C2CC(=O)N(c3ccc(F)cc3)C2=O)C1(C)C. The van der Waals surface area contributed by atoms with Crippen LogP contribution >= 0.6 is 0 Å². The van der Waals surface area contributed by atoms with E-state index >= 15 is 0 Å². The molecule has 144 valence electrons. The van der Waals surface area contributed by atoms with Gasteiger partial charge in [0.05, 0.1) is 12.1 Å². The predicted octanol–water partition coefficient (Wildman–Crippen LogP) is 3.13. The number of carbonyl (C=O) groups excluding carboxylic acids is 3. The predicted molar refractivity (Wildman–Crippen MR) is 98.2 cm³/mol. The van der Waals surface area contributed by atoms with Crippen molar-refractivity contribution in [3.8, 4) is 0 Å². The Bertz CT molecular complexity index is 812. The van der Waals surface area contributed by atoms with Gasteiger partial charge in [-0.05, 0) is 47.9 Å². The number of hydrogen-bond acceptors (Lipinski definition) is 3. The fourth-order valence-corrected chi connectivity index (χ4v) is 4.60. The summed E-state index contributed by atoms with van der Waals surface area (Å²) >= 11 is 0. The molecule has 0 spiro atoms. The van der Waals surface area contributed by atoms with E-state index in [0.29, 0.717) is 5.69 Å². The zero-order chi connectivity index (χ0) is 19.7. The summed E-state index contributed by atoms with van der Waals surface area (Å²) in [6.07, 6.45) is 1.73. The number of carbonyl (C=O) groups is 3. The molecule has 1 saturated heterocycles. The summed E-state index contributed by atoms with van der Waals surface area (Å²) in [5.74, 6) is -1.32. The normalized spacial score (nSPS) is 26.4. The third-order valence-electron chi connectivity index (χ3n) is 7.01. The van der Waals surface area contributed by atoms with Crippen LogP contribution in [0.5, 0.6) is 0 Å². The molecule has 1 aromatic carbocycles. The van der Waals surface area contributed by atoms with Crippen molar-refractivity contribution in [3.63, 3.8) is 0 Å². The van der Waals surface area contributed by atoms with Crippen molar-refractivity contribution in [1.29, 1.82) is 0 Å². The van der Waals surface area contributed by atoms with E-state index in [1.807, 2.05) is 0 Å². The molecule has 0 N–H and O–H groups in total. The average molecular weight is 372 g/mol. The number of imide groups is 1. The Kier molecular flexibility index (Phi) is 3.78. The van der Waals surface area contributed by atoms with Gasteiger partial charge in [-0.25, -0.2) is 9.29 Å². The van der Waals surface area contributed by atoms with Gasteiger partial charge in [0.25, 0.3) is 5.91 Å². The monoisotopic (exact) mass is 372 g/mol. The molecule has 6 heteroatoms. The molecular weight excluding hydrogens is 347 g/mol. The summed E-state index contributed by atoms with van der Waals surface area (Å²) in [7, 11) is 0. The first-order valence-corrected chi connectivity index (χ1v) is 9.52. The molecule has 4 rings (SSSR count). The summed E-state index contributed by atoms with van der Waals surface area (Å²) < 4.78 is 13.2. The Morgan fingerprint density at radius 2 is 1.63 bits per heavy atom. The lowest BCUT2D eigenvalue weighted by Crippen LogP contribution is -2.48. The van der Waals surface area contributed by atoms with Gasteiger partial charge < -0.3 is 4.90 Å². The molecule has 3 fully saturated rings. The van der Waals surface area contributed by atoms with Gasteiger partial charge in [-0.3, -0.25) is 14.4 Å². The molecule has 1 aromatic rings. The van der Waals surface area contributed by atoms with Crippen molar-refractivity contribution in [3.05, 3.63) is 30.1 Å². The van der Waals surface area contributed by atoms with Crippen molar-refractivity contribution >= 4 is 23.4 Å². The maximum Gasteiger partial charge on any atom is 0.257 e. The minimum Gasteiger partial charge on any atom is -0.327 e. The fourth-order valence-electron chi connectivity index (χ4n) is 4.60. The van der Waals surface area contributed by atoms with Gasteiger partial charge in [0, 0.05) is 12.0 Å². The van der Waals surface area contributed by atoms with E-state index < -0.39 is 11.9 Å². The summed E-state index contributed by atoms with van der Waals surface area (Å²) in [5.41, 5.74) is 0.100. The summed E-state index contributed by atoms with van der Waals surface area (Å²) in [5, 5.41) is 0. The molecule has 3 amide bonds. The van der Waals surface area contributed by atoms with E-state index in [1.54, 1.807) is 4.90 Å². The number of hydrogen-bond donors (Lipinski definition) is 0. The smallest absolute Gasteiger partial charge is 0.257 e. The first kappa shape index (κ1) is 18.1. The summed E-state index contributed by atoms with van der Waals surface area (Å²) in [6, 6.07) is 4.58. The number of rotatable bonds is 4. The molecule has 1 heterocycles. The second kappa shape index (κ2) is 5.63. The van der Waals surface area contributed by atoms with E-state index in [4.69, 9.17) is 0 Å². The second-order valence-electron chi connectivity index (χ2n) is 9.12. The van der Waals surface area contributed by atoms with Crippen LogP contribution in [-0.4, -0.2) is 34.7 Å². The summed E-state index contributed by atoms with van der Waals surface area (Å²) in [6.45, 7) is 8.31. The highest BCUT2D eigenvalue weighted by Crippen LogP contribution is 2.69. The van der Waals surface area contributed by atoms with E-state index in [9.17, 15) is 18.8 Å². The van der Waals surface area contributed by atoms with Gasteiger partial charge in [-0.1, -0.05) is 27.7 Å². The number of anilines is 1. The topological polar surface area (TPSA) is 57.7 Å². The number of nitrogens with zero attached hydrogens (tertiary/aromatic N) is 2. The van der Waals surface area contributed by atoms with Crippen LogP contribution in [0.15, 0.2) is 24.3 Å². The Morgan fingerprint density at radius 1 is 1.07 bits per heavy atom.